The van der Waals surface area contributed by atoms with Crippen molar-refractivity contribution in [3.8, 4) is 0 Å². The van der Waals surface area contributed by atoms with Crippen molar-refractivity contribution in [2.24, 2.45) is 0 Å². The van der Waals surface area contributed by atoms with Crippen molar-refractivity contribution in [1.82, 2.24) is 4.90 Å². The average Bonchev–Trinajstić information content (AvgIpc) is 2.52. The summed E-state index contributed by atoms with van der Waals surface area (Å²) in [4.78, 5) is 14.3. The summed E-state index contributed by atoms with van der Waals surface area (Å²) in [7, 11) is 1.58. The molecule has 5 heteroatoms. The summed E-state index contributed by atoms with van der Waals surface area (Å²) in [6, 6.07) is 13.4. The number of carbonyl (C=O) groups is 1. The largest absolute Gasteiger partial charge is 0.383 e. The van der Waals surface area contributed by atoms with Gasteiger partial charge in [-0.3, -0.25) is 4.79 Å². The highest BCUT2D eigenvalue weighted by molar-refractivity contribution is 6.33. The van der Waals surface area contributed by atoms with Gasteiger partial charge in [0.2, 0.25) is 0 Å². The molecule has 116 valence electrons. The molecule has 0 saturated heterocycles. The average molecular weight is 322 g/mol. The van der Waals surface area contributed by atoms with Crippen LogP contribution in [0.4, 0.5) is 4.39 Å². The highest BCUT2D eigenvalue weighted by Crippen LogP contribution is 2.20. The second-order valence-electron chi connectivity index (χ2n) is 4.83. The topological polar surface area (TPSA) is 29.5 Å². The Bertz CT molecular complexity index is 634. The predicted molar refractivity (Wildman–Crippen MR) is 84.5 cm³/mol. The van der Waals surface area contributed by atoms with Crippen molar-refractivity contribution in [2.75, 3.05) is 20.3 Å². The molecule has 0 aliphatic rings. The Morgan fingerprint density at radius 1 is 1.23 bits per heavy atom. The van der Waals surface area contributed by atoms with Crippen molar-refractivity contribution < 1.29 is 13.9 Å². The van der Waals surface area contributed by atoms with E-state index in [2.05, 4.69) is 0 Å². The van der Waals surface area contributed by atoms with Crippen LogP contribution in [0, 0.1) is 5.82 Å². The number of amides is 1. The Kier molecular flexibility index (Phi) is 5.92. The van der Waals surface area contributed by atoms with Gasteiger partial charge in [0.15, 0.2) is 0 Å². The number of halogens is 2. The summed E-state index contributed by atoms with van der Waals surface area (Å²) in [6.07, 6.45) is 0. The predicted octanol–water partition coefficient (Wildman–Crippen LogP) is 3.77. The van der Waals surface area contributed by atoms with Gasteiger partial charge in [-0.05, 0) is 23.8 Å². The highest BCUT2D eigenvalue weighted by atomic mass is 35.5. The van der Waals surface area contributed by atoms with Gasteiger partial charge in [0.1, 0.15) is 5.82 Å². The monoisotopic (exact) mass is 321 g/mol. The SMILES string of the molecule is COCCN(Cc1ccccc1)C(=O)c1ccc(F)cc1Cl. The maximum Gasteiger partial charge on any atom is 0.255 e. The van der Waals surface area contributed by atoms with Gasteiger partial charge < -0.3 is 9.64 Å². The summed E-state index contributed by atoms with van der Waals surface area (Å²) >= 11 is 5.99. The molecule has 0 aliphatic heterocycles. The van der Waals surface area contributed by atoms with E-state index < -0.39 is 5.82 Å². The standard InChI is InChI=1S/C17H17ClFNO2/c1-22-10-9-20(12-13-5-3-2-4-6-13)17(21)15-8-7-14(19)11-16(15)18/h2-8,11H,9-10,12H2,1H3. The fourth-order valence-electron chi connectivity index (χ4n) is 2.09. The molecule has 0 saturated carbocycles. The van der Waals surface area contributed by atoms with E-state index >= 15 is 0 Å². The number of ether oxygens (including phenoxy) is 1. The molecule has 0 heterocycles. The van der Waals surface area contributed by atoms with Crippen LogP contribution in [-0.2, 0) is 11.3 Å². The second-order valence-corrected chi connectivity index (χ2v) is 5.24. The Morgan fingerprint density at radius 3 is 2.59 bits per heavy atom. The van der Waals surface area contributed by atoms with Gasteiger partial charge in [-0.25, -0.2) is 4.39 Å². The number of hydrogen-bond donors (Lipinski definition) is 0. The Labute approximate surface area is 134 Å². The van der Waals surface area contributed by atoms with Crippen molar-refractivity contribution in [3.05, 3.63) is 70.5 Å². The van der Waals surface area contributed by atoms with E-state index in [1.807, 2.05) is 30.3 Å². The molecule has 0 unspecified atom stereocenters. The fraction of sp³-hybridized carbons (Fsp3) is 0.235. The van der Waals surface area contributed by atoms with Crippen LogP contribution in [0.1, 0.15) is 15.9 Å². The van der Waals surface area contributed by atoms with E-state index in [9.17, 15) is 9.18 Å². The van der Waals surface area contributed by atoms with Gasteiger partial charge in [-0.2, -0.15) is 0 Å². The second kappa shape index (κ2) is 7.92. The third-order valence-corrected chi connectivity index (χ3v) is 3.54. The van der Waals surface area contributed by atoms with E-state index in [-0.39, 0.29) is 16.5 Å². The van der Waals surface area contributed by atoms with Crippen LogP contribution in [0.5, 0.6) is 0 Å². The van der Waals surface area contributed by atoms with Gasteiger partial charge in [0.05, 0.1) is 17.2 Å². The molecule has 2 rings (SSSR count). The zero-order chi connectivity index (χ0) is 15.9. The van der Waals surface area contributed by atoms with Gasteiger partial charge in [0.25, 0.3) is 5.91 Å². The molecule has 2 aromatic rings. The molecule has 3 nitrogen and oxygen atoms in total. The first kappa shape index (κ1) is 16.5. The normalized spacial score (nSPS) is 10.5. The Hall–Kier alpha value is -1.91. The number of benzene rings is 2. The lowest BCUT2D eigenvalue weighted by Crippen LogP contribution is -2.33. The highest BCUT2D eigenvalue weighted by Gasteiger charge is 2.19. The summed E-state index contributed by atoms with van der Waals surface area (Å²) in [5, 5.41) is 0.112. The number of carbonyl (C=O) groups excluding carboxylic acids is 1. The molecule has 1 amide bonds. The lowest BCUT2D eigenvalue weighted by Gasteiger charge is -2.23. The molecule has 2 aromatic carbocycles. The van der Waals surface area contributed by atoms with Crippen LogP contribution < -0.4 is 0 Å². The first-order valence-electron chi connectivity index (χ1n) is 6.89. The van der Waals surface area contributed by atoms with Gasteiger partial charge >= 0.3 is 0 Å². The first-order chi connectivity index (χ1) is 10.6. The molecule has 0 radical (unpaired) electrons. The molecule has 0 spiro atoms. The molecular formula is C17H17ClFNO2. The summed E-state index contributed by atoms with van der Waals surface area (Å²) in [5.41, 5.74) is 1.29. The maximum atomic E-state index is 13.1. The Balaban J connectivity index is 2.22. The quantitative estimate of drug-likeness (QED) is 0.810. The van der Waals surface area contributed by atoms with E-state index in [1.54, 1.807) is 12.0 Å². The Morgan fingerprint density at radius 2 is 1.95 bits per heavy atom. The minimum absolute atomic E-state index is 0.112. The van der Waals surface area contributed by atoms with Crippen LogP contribution in [0.15, 0.2) is 48.5 Å². The smallest absolute Gasteiger partial charge is 0.255 e. The molecule has 22 heavy (non-hydrogen) atoms. The molecule has 0 N–H and O–H groups in total. The molecule has 0 bridgehead atoms. The third kappa shape index (κ3) is 4.29. The molecular weight excluding hydrogens is 305 g/mol. The van der Waals surface area contributed by atoms with Crippen LogP contribution in [-0.4, -0.2) is 31.1 Å². The van der Waals surface area contributed by atoms with Crippen molar-refractivity contribution in [3.63, 3.8) is 0 Å². The fourth-order valence-corrected chi connectivity index (χ4v) is 2.34. The van der Waals surface area contributed by atoms with Crippen LogP contribution >= 0.6 is 11.6 Å². The van der Waals surface area contributed by atoms with Crippen molar-refractivity contribution >= 4 is 17.5 Å². The first-order valence-corrected chi connectivity index (χ1v) is 7.27. The van der Waals surface area contributed by atoms with Crippen LogP contribution in [0.25, 0.3) is 0 Å². The maximum absolute atomic E-state index is 13.1. The van der Waals surface area contributed by atoms with E-state index in [0.29, 0.717) is 19.7 Å². The lowest BCUT2D eigenvalue weighted by atomic mass is 10.1. The lowest BCUT2D eigenvalue weighted by molar-refractivity contribution is 0.0680. The molecule has 0 aliphatic carbocycles. The van der Waals surface area contributed by atoms with Crippen LogP contribution in [0.3, 0.4) is 0 Å². The van der Waals surface area contributed by atoms with E-state index in [1.165, 1.54) is 12.1 Å². The molecule has 0 fully saturated rings. The number of hydrogen-bond acceptors (Lipinski definition) is 2. The third-order valence-electron chi connectivity index (χ3n) is 3.23. The molecule has 0 aromatic heterocycles. The summed E-state index contributed by atoms with van der Waals surface area (Å²) in [5.74, 6) is -0.709. The summed E-state index contributed by atoms with van der Waals surface area (Å²) < 4.78 is 18.2. The summed E-state index contributed by atoms with van der Waals surface area (Å²) in [6.45, 7) is 1.28. The molecule has 0 atom stereocenters. The van der Waals surface area contributed by atoms with Gasteiger partial charge in [-0.15, -0.1) is 0 Å². The minimum atomic E-state index is -0.465. The zero-order valence-electron chi connectivity index (χ0n) is 12.3. The van der Waals surface area contributed by atoms with Crippen molar-refractivity contribution in [2.45, 2.75) is 6.54 Å². The van der Waals surface area contributed by atoms with E-state index in [4.69, 9.17) is 16.3 Å². The van der Waals surface area contributed by atoms with Crippen molar-refractivity contribution in [1.29, 1.82) is 0 Å². The zero-order valence-corrected chi connectivity index (χ0v) is 13.0. The number of rotatable bonds is 6. The van der Waals surface area contributed by atoms with E-state index in [0.717, 1.165) is 11.6 Å². The number of nitrogens with zero attached hydrogens (tertiary/aromatic N) is 1. The van der Waals surface area contributed by atoms with Crippen LogP contribution in [0.2, 0.25) is 5.02 Å². The number of methoxy groups -OCH3 is 1. The van der Waals surface area contributed by atoms with Gasteiger partial charge in [-0.1, -0.05) is 41.9 Å². The minimum Gasteiger partial charge on any atom is -0.383 e. The van der Waals surface area contributed by atoms with Gasteiger partial charge in [0, 0.05) is 20.2 Å².